The van der Waals surface area contributed by atoms with Crippen molar-refractivity contribution >= 4 is 22.7 Å². The van der Waals surface area contributed by atoms with Crippen molar-refractivity contribution in [2.24, 2.45) is 0 Å². The zero-order valence-electron chi connectivity index (χ0n) is 13.6. The van der Waals surface area contributed by atoms with E-state index in [0.717, 1.165) is 4.68 Å². The van der Waals surface area contributed by atoms with Crippen molar-refractivity contribution in [3.05, 3.63) is 45.0 Å². The number of aromatic nitrogens is 2. The number of rotatable bonds is 4. The van der Waals surface area contributed by atoms with Crippen LogP contribution in [-0.4, -0.2) is 33.9 Å². The van der Waals surface area contributed by atoms with Crippen molar-refractivity contribution in [3.63, 3.8) is 0 Å². The molecule has 1 aromatic heterocycles. The zero-order valence-corrected chi connectivity index (χ0v) is 13.6. The molecule has 1 N–H and O–H groups in total. The fraction of sp³-hybridized carbons (Fsp3) is 0.375. The van der Waals surface area contributed by atoms with Crippen LogP contribution in [0.3, 0.4) is 0 Å². The fourth-order valence-electron chi connectivity index (χ4n) is 2.04. The van der Waals surface area contributed by atoms with Gasteiger partial charge in [0.1, 0.15) is 12.1 Å². The van der Waals surface area contributed by atoms with E-state index in [2.05, 4.69) is 5.10 Å². The lowest BCUT2D eigenvalue weighted by Gasteiger charge is -2.19. The van der Waals surface area contributed by atoms with Gasteiger partial charge in [0, 0.05) is 0 Å². The maximum absolute atomic E-state index is 12.2. The Morgan fingerprint density at radius 2 is 1.71 bits per heavy atom. The second-order valence-corrected chi connectivity index (χ2v) is 6.12. The van der Waals surface area contributed by atoms with Crippen LogP contribution in [0, 0.1) is 0 Å². The number of H-pyrrole nitrogens is 1. The van der Waals surface area contributed by atoms with E-state index in [9.17, 15) is 19.2 Å². The quantitative estimate of drug-likeness (QED) is 0.819. The Balaban J connectivity index is 2.09. The number of esters is 2. The first-order chi connectivity index (χ1) is 11.2. The summed E-state index contributed by atoms with van der Waals surface area (Å²) in [6.07, 6.45) is 0. The first-order valence-corrected chi connectivity index (χ1v) is 7.27. The molecule has 0 radical (unpaired) electrons. The highest BCUT2D eigenvalue weighted by Crippen LogP contribution is 2.07. The molecule has 0 bridgehead atoms. The highest BCUT2D eigenvalue weighted by molar-refractivity contribution is 5.81. The SMILES string of the molecule is CC(C)(C)OC(=O)COC(=O)Cn1[nH]c(=O)c2ccccc2c1=O. The van der Waals surface area contributed by atoms with Gasteiger partial charge in [-0.05, 0) is 32.9 Å². The predicted molar refractivity (Wildman–Crippen MR) is 85.6 cm³/mol. The summed E-state index contributed by atoms with van der Waals surface area (Å²) in [7, 11) is 0. The molecule has 24 heavy (non-hydrogen) atoms. The summed E-state index contributed by atoms with van der Waals surface area (Å²) in [4.78, 5) is 47.4. The molecule has 1 heterocycles. The summed E-state index contributed by atoms with van der Waals surface area (Å²) in [5.41, 5.74) is -1.71. The fourth-order valence-corrected chi connectivity index (χ4v) is 2.04. The smallest absolute Gasteiger partial charge is 0.344 e. The number of benzene rings is 1. The highest BCUT2D eigenvalue weighted by atomic mass is 16.6. The minimum absolute atomic E-state index is 0.196. The van der Waals surface area contributed by atoms with Crippen LogP contribution in [0.1, 0.15) is 20.8 Å². The van der Waals surface area contributed by atoms with Crippen molar-refractivity contribution in [3.8, 4) is 0 Å². The number of hydrogen-bond acceptors (Lipinski definition) is 6. The summed E-state index contributed by atoms with van der Waals surface area (Å²) < 4.78 is 10.6. The summed E-state index contributed by atoms with van der Waals surface area (Å²) in [5, 5.41) is 2.74. The number of hydrogen-bond donors (Lipinski definition) is 1. The Morgan fingerprint density at radius 1 is 1.08 bits per heavy atom. The van der Waals surface area contributed by atoms with Gasteiger partial charge < -0.3 is 9.47 Å². The third kappa shape index (κ3) is 4.31. The summed E-state index contributed by atoms with van der Waals surface area (Å²) in [6, 6.07) is 6.26. The average molecular weight is 334 g/mol. The van der Waals surface area contributed by atoms with Gasteiger partial charge in [0.2, 0.25) is 0 Å². The van der Waals surface area contributed by atoms with E-state index in [1.54, 1.807) is 32.9 Å². The van der Waals surface area contributed by atoms with E-state index in [-0.39, 0.29) is 10.8 Å². The summed E-state index contributed by atoms with van der Waals surface area (Å²) in [5.74, 6) is -1.54. The normalized spacial score (nSPS) is 11.3. The molecule has 128 valence electrons. The molecule has 0 unspecified atom stereocenters. The molecule has 2 rings (SSSR count). The molecule has 0 aliphatic heterocycles. The maximum Gasteiger partial charge on any atom is 0.344 e. The number of nitrogens with zero attached hydrogens (tertiary/aromatic N) is 1. The van der Waals surface area contributed by atoms with Crippen LogP contribution >= 0.6 is 0 Å². The molecule has 0 aliphatic carbocycles. The Bertz CT molecular complexity index is 888. The van der Waals surface area contributed by atoms with Crippen molar-refractivity contribution in [2.45, 2.75) is 32.9 Å². The number of fused-ring (bicyclic) bond motifs is 1. The largest absolute Gasteiger partial charge is 0.457 e. The minimum atomic E-state index is -0.839. The van der Waals surface area contributed by atoms with Crippen LogP contribution in [0.2, 0.25) is 0 Å². The third-order valence-corrected chi connectivity index (χ3v) is 2.94. The van der Waals surface area contributed by atoms with Crippen LogP contribution in [0.15, 0.2) is 33.9 Å². The van der Waals surface area contributed by atoms with Gasteiger partial charge in [-0.25, -0.2) is 9.48 Å². The lowest BCUT2D eigenvalue weighted by Crippen LogP contribution is -2.34. The molecule has 0 spiro atoms. The molecule has 0 saturated heterocycles. The van der Waals surface area contributed by atoms with Gasteiger partial charge in [0.25, 0.3) is 11.1 Å². The van der Waals surface area contributed by atoms with Gasteiger partial charge in [-0.15, -0.1) is 0 Å². The van der Waals surface area contributed by atoms with Gasteiger partial charge in [-0.1, -0.05) is 12.1 Å². The van der Waals surface area contributed by atoms with Crippen LogP contribution in [0.5, 0.6) is 0 Å². The molecule has 0 fully saturated rings. The van der Waals surface area contributed by atoms with Crippen LogP contribution < -0.4 is 11.1 Å². The molecule has 0 atom stereocenters. The minimum Gasteiger partial charge on any atom is -0.457 e. The zero-order chi connectivity index (χ0) is 17.9. The topological polar surface area (TPSA) is 107 Å². The first kappa shape index (κ1) is 17.5. The average Bonchev–Trinajstić information content (AvgIpc) is 2.49. The Hall–Kier alpha value is -2.90. The van der Waals surface area contributed by atoms with Crippen molar-refractivity contribution < 1.29 is 19.1 Å². The molecule has 0 saturated carbocycles. The van der Waals surface area contributed by atoms with Gasteiger partial charge >= 0.3 is 11.9 Å². The van der Waals surface area contributed by atoms with Crippen LogP contribution in [-0.2, 0) is 25.6 Å². The first-order valence-electron chi connectivity index (χ1n) is 7.27. The summed E-state index contributed by atoms with van der Waals surface area (Å²) >= 11 is 0. The molecule has 8 nitrogen and oxygen atoms in total. The molecular formula is C16H18N2O6. The third-order valence-electron chi connectivity index (χ3n) is 2.94. The van der Waals surface area contributed by atoms with Crippen molar-refractivity contribution in [2.75, 3.05) is 6.61 Å². The number of carbonyl (C=O) groups excluding carboxylic acids is 2. The van der Waals surface area contributed by atoms with E-state index >= 15 is 0 Å². The molecule has 0 aliphatic rings. The van der Waals surface area contributed by atoms with Crippen molar-refractivity contribution in [1.29, 1.82) is 0 Å². The second-order valence-electron chi connectivity index (χ2n) is 6.12. The van der Waals surface area contributed by atoms with E-state index in [0.29, 0.717) is 0 Å². The van der Waals surface area contributed by atoms with Crippen molar-refractivity contribution in [1.82, 2.24) is 9.78 Å². The number of aromatic amines is 1. The maximum atomic E-state index is 12.2. The van der Waals surface area contributed by atoms with Gasteiger partial charge in [0.15, 0.2) is 6.61 Å². The Morgan fingerprint density at radius 3 is 2.33 bits per heavy atom. The second kappa shape index (κ2) is 6.69. The van der Waals surface area contributed by atoms with E-state index < -0.39 is 41.8 Å². The number of ether oxygens (including phenoxy) is 2. The molecule has 1 aromatic carbocycles. The van der Waals surface area contributed by atoms with Crippen LogP contribution in [0.25, 0.3) is 10.8 Å². The van der Waals surface area contributed by atoms with E-state index in [1.165, 1.54) is 12.1 Å². The molecule has 2 aromatic rings. The van der Waals surface area contributed by atoms with E-state index in [4.69, 9.17) is 9.47 Å². The monoisotopic (exact) mass is 334 g/mol. The summed E-state index contributed by atoms with van der Waals surface area (Å²) in [6.45, 7) is 3.98. The predicted octanol–water partition coefficient (Wildman–Crippen LogP) is 0.575. The van der Waals surface area contributed by atoms with E-state index in [1.807, 2.05) is 0 Å². The standard InChI is InChI=1S/C16H18N2O6/c1-16(2,3)24-13(20)9-23-12(19)8-18-15(22)11-7-5-4-6-10(11)14(21)17-18/h4-7H,8-9H2,1-3H3,(H,17,21). The van der Waals surface area contributed by atoms with Crippen LogP contribution in [0.4, 0.5) is 0 Å². The van der Waals surface area contributed by atoms with Gasteiger partial charge in [0.05, 0.1) is 10.8 Å². The Labute approximate surface area is 137 Å². The molecule has 0 amide bonds. The highest BCUT2D eigenvalue weighted by Gasteiger charge is 2.18. The number of nitrogens with one attached hydrogen (secondary N) is 1. The van der Waals surface area contributed by atoms with Gasteiger partial charge in [-0.3, -0.25) is 19.5 Å². The number of carbonyl (C=O) groups is 2. The molecular weight excluding hydrogens is 316 g/mol. The Kier molecular flexibility index (Phi) is 4.87. The lowest BCUT2D eigenvalue weighted by atomic mass is 10.2. The lowest BCUT2D eigenvalue weighted by molar-refractivity contribution is -0.166. The molecule has 8 heteroatoms. The van der Waals surface area contributed by atoms with Gasteiger partial charge in [-0.2, -0.15) is 0 Å².